The van der Waals surface area contributed by atoms with Crippen LogP contribution < -0.4 is 0 Å². The second-order valence-electron chi connectivity index (χ2n) is 4.90. The van der Waals surface area contributed by atoms with Crippen molar-refractivity contribution in [3.8, 4) is 0 Å². The highest BCUT2D eigenvalue weighted by Gasteiger charge is 2.12. The lowest BCUT2D eigenvalue weighted by atomic mass is 10.0. The van der Waals surface area contributed by atoms with Gasteiger partial charge in [-0.3, -0.25) is 4.79 Å². The number of rotatable bonds is 4. The number of nitrogens with zero attached hydrogens (tertiary/aromatic N) is 1. The Balaban J connectivity index is 2.67. The van der Waals surface area contributed by atoms with Crippen LogP contribution in [0.1, 0.15) is 30.0 Å². The molecular weight excluding hydrogens is 226 g/mol. The van der Waals surface area contributed by atoms with Crippen molar-refractivity contribution in [3.05, 3.63) is 35.0 Å². The van der Waals surface area contributed by atoms with Crippen LogP contribution in [-0.4, -0.2) is 15.6 Å². The monoisotopic (exact) mass is 245 g/mol. The highest BCUT2D eigenvalue weighted by Crippen LogP contribution is 2.27. The molecule has 0 saturated heterocycles. The van der Waals surface area contributed by atoms with E-state index in [1.807, 2.05) is 17.7 Å². The van der Waals surface area contributed by atoms with E-state index in [2.05, 4.69) is 26.0 Å². The van der Waals surface area contributed by atoms with Crippen molar-refractivity contribution < 1.29 is 9.90 Å². The molecule has 0 aliphatic heterocycles. The predicted octanol–water partition coefficient (Wildman–Crippen LogP) is 3.30. The Morgan fingerprint density at radius 2 is 2.06 bits per heavy atom. The normalized spacial score (nSPS) is 11.1. The van der Waals surface area contributed by atoms with Crippen molar-refractivity contribution in [1.82, 2.24) is 4.57 Å². The van der Waals surface area contributed by atoms with Crippen LogP contribution in [0.4, 0.5) is 0 Å². The molecule has 1 aromatic heterocycles. The zero-order valence-electron chi connectivity index (χ0n) is 11.2. The van der Waals surface area contributed by atoms with Crippen LogP contribution in [0.5, 0.6) is 0 Å². The first-order valence-corrected chi connectivity index (χ1v) is 6.33. The van der Waals surface area contributed by atoms with Crippen LogP contribution in [0.2, 0.25) is 0 Å². The summed E-state index contributed by atoms with van der Waals surface area (Å²) in [5.74, 6) is -0.796. The molecule has 3 heteroatoms. The van der Waals surface area contributed by atoms with Crippen molar-refractivity contribution in [2.24, 2.45) is 0 Å². The average molecular weight is 245 g/mol. The Hall–Kier alpha value is -1.77. The van der Waals surface area contributed by atoms with Crippen LogP contribution in [-0.2, 0) is 17.8 Å². The molecule has 0 aliphatic rings. The number of aliphatic carboxylic acids is 1. The SMILES string of the molecule is CCCc1cn(CC(=O)O)c2c(C)cc(C)cc12. The highest BCUT2D eigenvalue weighted by atomic mass is 16.4. The molecule has 96 valence electrons. The second-order valence-corrected chi connectivity index (χ2v) is 4.90. The van der Waals surface area contributed by atoms with E-state index >= 15 is 0 Å². The average Bonchev–Trinajstić information content (AvgIpc) is 2.56. The van der Waals surface area contributed by atoms with E-state index in [0.717, 1.165) is 23.9 Å². The number of fused-ring (bicyclic) bond motifs is 1. The molecule has 2 aromatic rings. The van der Waals surface area contributed by atoms with Gasteiger partial charge < -0.3 is 9.67 Å². The van der Waals surface area contributed by atoms with Gasteiger partial charge in [-0.2, -0.15) is 0 Å². The van der Waals surface area contributed by atoms with Gasteiger partial charge in [-0.05, 0) is 37.5 Å². The molecule has 0 atom stereocenters. The van der Waals surface area contributed by atoms with E-state index in [0.29, 0.717) is 0 Å². The molecule has 1 aromatic carbocycles. The zero-order valence-corrected chi connectivity index (χ0v) is 11.2. The minimum atomic E-state index is -0.796. The third-order valence-corrected chi connectivity index (χ3v) is 3.21. The fourth-order valence-corrected chi connectivity index (χ4v) is 2.65. The molecule has 0 bridgehead atoms. The molecule has 0 saturated carbocycles. The molecule has 0 unspecified atom stereocenters. The van der Waals surface area contributed by atoms with Crippen molar-refractivity contribution >= 4 is 16.9 Å². The van der Waals surface area contributed by atoms with Gasteiger partial charge in [0.1, 0.15) is 6.54 Å². The van der Waals surface area contributed by atoms with Gasteiger partial charge in [-0.1, -0.05) is 25.0 Å². The standard InChI is InChI=1S/C15H19NO2/c1-4-5-12-8-16(9-14(17)18)15-11(3)6-10(2)7-13(12)15/h6-8H,4-5,9H2,1-3H3,(H,17,18). The van der Waals surface area contributed by atoms with E-state index in [1.54, 1.807) is 0 Å². The van der Waals surface area contributed by atoms with E-state index < -0.39 is 5.97 Å². The van der Waals surface area contributed by atoms with Gasteiger partial charge in [0.2, 0.25) is 0 Å². The topological polar surface area (TPSA) is 42.2 Å². The van der Waals surface area contributed by atoms with E-state index in [1.165, 1.54) is 16.5 Å². The molecule has 3 nitrogen and oxygen atoms in total. The lowest BCUT2D eigenvalue weighted by Gasteiger charge is -2.05. The van der Waals surface area contributed by atoms with Crippen LogP contribution in [0.15, 0.2) is 18.3 Å². The zero-order chi connectivity index (χ0) is 13.3. The van der Waals surface area contributed by atoms with Crippen molar-refractivity contribution in [1.29, 1.82) is 0 Å². The number of benzene rings is 1. The Bertz CT molecular complexity index is 596. The van der Waals surface area contributed by atoms with Gasteiger partial charge >= 0.3 is 5.97 Å². The Labute approximate surface area is 107 Å². The summed E-state index contributed by atoms with van der Waals surface area (Å²) < 4.78 is 1.86. The summed E-state index contributed by atoms with van der Waals surface area (Å²) in [5, 5.41) is 10.2. The van der Waals surface area contributed by atoms with Gasteiger partial charge in [0.25, 0.3) is 0 Å². The molecule has 0 radical (unpaired) electrons. The predicted molar refractivity (Wildman–Crippen MR) is 73.0 cm³/mol. The summed E-state index contributed by atoms with van der Waals surface area (Å²) in [7, 11) is 0. The second kappa shape index (κ2) is 4.84. The quantitative estimate of drug-likeness (QED) is 0.898. The van der Waals surface area contributed by atoms with Gasteiger partial charge in [0.15, 0.2) is 0 Å². The Kier molecular flexibility index (Phi) is 3.41. The molecule has 0 spiro atoms. The Morgan fingerprint density at radius 1 is 1.33 bits per heavy atom. The number of carboxylic acid groups (broad SMARTS) is 1. The number of aromatic nitrogens is 1. The van der Waals surface area contributed by atoms with Crippen molar-refractivity contribution in [2.45, 2.75) is 40.2 Å². The third-order valence-electron chi connectivity index (χ3n) is 3.21. The number of hydrogen-bond acceptors (Lipinski definition) is 1. The molecule has 0 amide bonds. The maximum absolute atomic E-state index is 10.9. The summed E-state index contributed by atoms with van der Waals surface area (Å²) in [6, 6.07) is 4.27. The van der Waals surface area contributed by atoms with Gasteiger partial charge in [0.05, 0.1) is 5.52 Å². The lowest BCUT2D eigenvalue weighted by molar-refractivity contribution is -0.137. The summed E-state index contributed by atoms with van der Waals surface area (Å²) in [6.45, 7) is 6.30. The van der Waals surface area contributed by atoms with Crippen molar-refractivity contribution in [3.63, 3.8) is 0 Å². The molecule has 0 aliphatic carbocycles. The first-order valence-electron chi connectivity index (χ1n) is 6.33. The van der Waals surface area contributed by atoms with E-state index in [9.17, 15) is 4.79 Å². The smallest absolute Gasteiger partial charge is 0.323 e. The largest absolute Gasteiger partial charge is 0.480 e. The lowest BCUT2D eigenvalue weighted by Crippen LogP contribution is -2.07. The Morgan fingerprint density at radius 3 is 2.67 bits per heavy atom. The van der Waals surface area contributed by atoms with Crippen LogP contribution in [0.3, 0.4) is 0 Å². The molecular formula is C15H19NO2. The first kappa shape index (κ1) is 12.7. The van der Waals surface area contributed by atoms with Gasteiger partial charge in [-0.25, -0.2) is 0 Å². The molecule has 18 heavy (non-hydrogen) atoms. The molecule has 1 N–H and O–H groups in total. The van der Waals surface area contributed by atoms with Gasteiger partial charge in [-0.15, -0.1) is 0 Å². The summed E-state index contributed by atoms with van der Waals surface area (Å²) in [4.78, 5) is 10.9. The summed E-state index contributed by atoms with van der Waals surface area (Å²) >= 11 is 0. The maximum Gasteiger partial charge on any atom is 0.323 e. The van der Waals surface area contributed by atoms with Gasteiger partial charge in [0, 0.05) is 11.6 Å². The third kappa shape index (κ3) is 2.26. The molecule has 1 heterocycles. The molecule has 2 rings (SSSR count). The summed E-state index contributed by atoms with van der Waals surface area (Å²) in [5.41, 5.74) is 4.69. The maximum atomic E-state index is 10.9. The van der Waals surface area contributed by atoms with Crippen LogP contribution in [0, 0.1) is 13.8 Å². The molecule has 0 fully saturated rings. The van der Waals surface area contributed by atoms with E-state index in [4.69, 9.17) is 5.11 Å². The number of carbonyl (C=O) groups is 1. The van der Waals surface area contributed by atoms with Crippen LogP contribution in [0.25, 0.3) is 10.9 Å². The fraction of sp³-hybridized carbons (Fsp3) is 0.400. The number of hydrogen-bond donors (Lipinski definition) is 1. The van der Waals surface area contributed by atoms with Crippen molar-refractivity contribution in [2.75, 3.05) is 0 Å². The number of carboxylic acids is 1. The minimum Gasteiger partial charge on any atom is -0.480 e. The van der Waals surface area contributed by atoms with Crippen LogP contribution >= 0.6 is 0 Å². The minimum absolute atomic E-state index is 0.0319. The van der Waals surface area contributed by atoms with E-state index in [-0.39, 0.29) is 6.54 Å². The highest BCUT2D eigenvalue weighted by molar-refractivity contribution is 5.88. The first-order chi connectivity index (χ1) is 8.52. The number of aryl methyl sites for hydroxylation is 3. The summed E-state index contributed by atoms with van der Waals surface area (Å²) in [6.07, 6.45) is 4.06. The fourth-order valence-electron chi connectivity index (χ4n) is 2.65.